The first kappa shape index (κ1) is 16.0. The van der Waals surface area contributed by atoms with Gasteiger partial charge in [-0.15, -0.1) is 0 Å². The van der Waals surface area contributed by atoms with Crippen LogP contribution in [0.2, 0.25) is 10.0 Å². The van der Waals surface area contributed by atoms with Crippen molar-refractivity contribution in [3.8, 4) is 0 Å². The molecule has 0 atom stereocenters. The van der Waals surface area contributed by atoms with E-state index in [9.17, 15) is 12.8 Å². The first-order chi connectivity index (χ1) is 9.85. The lowest BCUT2D eigenvalue weighted by Gasteiger charge is -2.11. The topological polar surface area (TPSA) is 72.2 Å². The third-order valence-electron chi connectivity index (χ3n) is 2.75. The van der Waals surface area contributed by atoms with Gasteiger partial charge in [-0.3, -0.25) is 4.72 Å². The van der Waals surface area contributed by atoms with Crippen LogP contribution in [0.4, 0.5) is 10.1 Å². The molecule has 2 aromatic rings. The Hall–Kier alpha value is -1.34. The highest BCUT2D eigenvalue weighted by molar-refractivity contribution is 7.92. The van der Waals surface area contributed by atoms with E-state index in [0.29, 0.717) is 5.56 Å². The summed E-state index contributed by atoms with van der Waals surface area (Å²) in [7, 11) is -4.01. The van der Waals surface area contributed by atoms with Gasteiger partial charge in [-0.1, -0.05) is 35.3 Å². The molecule has 0 unspecified atom stereocenters. The highest BCUT2D eigenvalue weighted by atomic mass is 35.5. The first-order valence-corrected chi connectivity index (χ1v) is 8.04. The molecule has 21 heavy (non-hydrogen) atoms. The maximum atomic E-state index is 13.6. The average Bonchev–Trinajstić information content (AvgIpc) is 2.43. The maximum Gasteiger partial charge on any atom is 0.262 e. The van der Waals surface area contributed by atoms with Crippen molar-refractivity contribution in [2.45, 2.75) is 11.4 Å². The smallest absolute Gasteiger partial charge is 0.262 e. The molecule has 0 radical (unpaired) electrons. The lowest BCUT2D eigenvalue weighted by atomic mass is 10.2. The lowest BCUT2D eigenvalue weighted by molar-refractivity contribution is 0.598. The average molecular weight is 349 g/mol. The molecule has 0 amide bonds. The minimum Gasteiger partial charge on any atom is -0.326 e. The zero-order chi connectivity index (χ0) is 15.6. The van der Waals surface area contributed by atoms with Gasteiger partial charge in [-0.2, -0.15) is 0 Å². The van der Waals surface area contributed by atoms with Crippen molar-refractivity contribution in [1.29, 1.82) is 0 Å². The molecule has 0 aliphatic heterocycles. The summed E-state index contributed by atoms with van der Waals surface area (Å²) in [4.78, 5) is -0.107. The van der Waals surface area contributed by atoms with E-state index in [2.05, 4.69) is 4.72 Å². The van der Waals surface area contributed by atoms with E-state index in [1.165, 1.54) is 30.3 Å². The molecule has 4 nitrogen and oxygen atoms in total. The molecule has 3 N–H and O–H groups in total. The van der Waals surface area contributed by atoms with E-state index in [1.807, 2.05) is 0 Å². The van der Waals surface area contributed by atoms with Gasteiger partial charge < -0.3 is 5.73 Å². The molecule has 2 rings (SSSR count). The molecule has 0 aliphatic rings. The van der Waals surface area contributed by atoms with Crippen molar-refractivity contribution in [3.05, 3.63) is 57.8 Å². The number of halogens is 3. The number of nitrogens with two attached hydrogens (primary N) is 1. The molecule has 2 aromatic carbocycles. The SMILES string of the molecule is NCc1ccc(S(=O)(=O)Nc2c(F)cccc2Cl)cc1Cl. The van der Waals surface area contributed by atoms with Crippen LogP contribution >= 0.6 is 23.2 Å². The van der Waals surface area contributed by atoms with Crippen LogP contribution in [0.1, 0.15) is 5.56 Å². The molecule has 0 aromatic heterocycles. The van der Waals surface area contributed by atoms with Gasteiger partial charge in [0, 0.05) is 11.6 Å². The van der Waals surface area contributed by atoms with Crippen LogP contribution in [0.15, 0.2) is 41.3 Å². The van der Waals surface area contributed by atoms with Crippen molar-refractivity contribution in [3.63, 3.8) is 0 Å². The fourth-order valence-electron chi connectivity index (χ4n) is 1.65. The summed E-state index contributed by atoms with van der Waals surface area (Å²) in [5.74, 6) is -0.768. The van der Waals surface area contributed by atoms with Gasteiger partial charge in [0.1, 0.15) is 11.5 Å². The minimum absolute atomic E-state index is 0.0387. The monoisotopic (exact) mass is 348 g/mol. The highest BCUT2D eigenvalue weighted by Crippen LogP contribution is 2.28. The Kier molecular flexibility index (Phi) is 4.73. The van der Waals surface area contributed by atoms with E-state index >= 15 is 0 Å². The fourth-order valence-corrected chi connectivity index (χ4v) is 3.35. The number of nitrogens with one attached hydrogen (secondary N) is 1. The van der Waals surface area contributed by atoms with Crippen molar-refractivity contribution >= 4 is 38.9 Å². The minimum atomic E-state index is -4.01. The number of hydrogen-bond donors (Lipinski definition) is 2. The Morgan fingerprint density at radius 1 is 1.14 bits per heavy atom. The molecule has 112 valence electrons. The van der Waals surface area contributed by atoms with Gasteiger partial charge in [0.05, 0.1) is 9.92 Å². The van der Waals surface area contributed by atoms with Crippen LogP contribution in [-0.2, 0) is 16.6 Å². The van der Waals surface area contributed by atoms with E-state index in [-0.39, 0.29) is 27.2 Å². The Morgan fingerprint density at radius 2 is 1.86 bits per heavy atom. The lowest BCUT2D eigenvalue weighted by Crippen LogP contribution is -2.14. The summed E-state index contributed by atoms with van der Waals surface area (Å²) in [5, 5.41) is 0.184. The van der Waals surface area contributed by atoms with Crippen molar-refractivity contribution in [2.24, 2.45) is 5.73 Å². The summed E-state index contributed by atoms with van der Waals surface area (Å²) in [6.45, 7) is 0.186. The molecule has 0 saturated heterocycles. The molecule has 0 saturated carbocycles. The molecule has 0 aliphatic carbocycles. The molecular weight excluding hydrogens is 338 g/mol. The summed E-state index contributed by atoms with van der Waals surface area (Å²) in [5.41, 5.74) is 5.76. The van der Waals surface area contributed by atoms with Gasteiger partial charge >= 0.3 is 0 Å². The predicted octanol–water partition coefficient (Wildman–Crippen LogP) is 3.39. The van der Waals surface area contributed by atoms with Crippen LogP contribution in [-0.4, -0.2) is 8.42 Å². The maximum absolute atomic E-state index is 13.6. The Balaban J connectivity index is 2.41. The Bertz CT molecular complexity index is 761. The van der Waals surface area contributed by atoms with Crippen LogP contribution in [0.25, 0.3) is 0 Å². The van der Waals surface area contributed by atoms with Crippen molar-refractivity contribution in [1.82, 2.24) is 0 Å². The molecule has 0 bridgehead atoms. The zero-order valence-electron chi connectivity index (χ0n) is 10.6. The number of benzene rings is 2. The number of hydrogen-bond acceptors (Lipinski definition) is 3. The first-order valence-electron chi connectivity index (χ1n) is 5.80. The number of sulfonamides is 1. The third kappa shape index (κ3) is 3.47. The standard InChI is InChI=1S/C13H11Cl2FN2O2S/c14-10-2-1-3-12(16)13(10)18-21(19,20)9-5-4-8(7-17)11(15)6-9/h1-6,18H,7,17H2. The molecular formula is C13H11Cl2FN2O2S. The van der Waals surface area contributed by atoms with Gasteiger partial charge in [0.15, 0.2) is 0 Å². The normalized spacial score (nSPS) is 11.4. The third-order valence-corrected chi connectivity index (χ3v) is 4.77. The van der Waals surface area contributed by atoms with Crippen molar-refractivity contribution in [2.75, 3.05) is 4.72 Å². The van der Waals surface area contributed by atoms with E-state index in [0.717, 1.165) is 6.07 Å². The second kappa shape index (κ2) is 6.19. The number of rotatable bonds is 4. The summed E-state index contributed by atoms with van der Waals surface area (Å²) >= 11 is 11.7. The highest BCUT2D eigenvalue weighted by Gasteiger charge is 2.19. The van der Waals surface area contributed by atoms with Crippen LogP contribution in [0.5, 0.6) is 0 Å². The van der Waals surface area contributed by atoms with Crippen molar-refractivity contribution < 1.29 is 12.8 Å². The zero-order valence-corrected chi connectivity index (χ0v) is 12.9. The van der Waals surface area contributed by atoms with Gasteiger partial charge in [-0.05, 0) is 29.8 Å². The molecule has 0 spiro atoms. The van der Waals surface area contributed by atoms with E-state index < -0.39 is 15.8 Å². The molecule has 8 heteroatoms. The summed E-state index contributed by atoms with van der Waals surface area (Å²) in [6, 6.07) is 7.95. The summed E-state index contributed by atoms with van der Waals surface area (Å²) in [6.07, 6.45) is 0. The van der Waals surface area contributed by atoms with Gasteiger partial charge in [0.25, 0.3) is 10.0 Å². The van der Waals surface area contributed by atoms with E-state index in [1.54, 1.807) is 0 Å². The van der Waals surface area contributed by atoms with Crippen LogP contribution < -0.4 is 10.5 Å². The quantitative estimate of drug-likeness (QED) is 0.889. The Morgan fingerprint density at radius 3 is 2.43 bits per heavy atom. The summed E-state index contributed by atoms with van der Waals surface area (Å²) < 4.78 is 40.2. The second-order valence-corrected chi connectivity index (χ2v) is 6.66. The van der Waals surface area contributed by atoms with Gasteiger partial charge in [-0.25, -0.2) is 12.8 Å². The molecule has 0 fully saturated rings. The van der Waals surface area contributed by atoms with Crippen LogP contribution in [0, 0.1) is 5.82 Å². The van der Waals surface area contributed by atoms with E-state index in [4.69, 9.17) is 28.9 Å². The van der Waals surface area contributed by atoms with Crippen LogP contribution in [0.3, 0.4) is 0 Å². The molecule has 0 heterocycles. The van der Waals surface area contributed by atoms with Gasteiger partial charge in [0.2, 0.25) is 0 Å². The second-order valence-electron chi connectivity index (χ2n) is 4.16. The number of para-hydroxylation sites is 1. The Labute approximate surface area is 131 Å². The number of anilines is 1. The predicted molar refractivity (Wildman–Crippen MR) is 81.6 cm³/mol. The largest absolute Gasteiger partial charge is 0.326 e. The fraction of sp³-hybridized carbons (Fsp3) is 0.0769.